The molecular weight excluding hydrogens is 473 g/mol. The minimum absolute atomic E-state index is 0. The summed E-state index contributed by atoms with van der Waals surface area (Å²) in [5, 5.41) is 5.06. The average Bonchev–Trinajstić information content (AvgIpc) is 3.56. The minimum atomic E-state index is -0.883. The number of carbonyl (C=O) groups is 2. The molecule has 4 nitrogen and oxygen atoms in total. The molecule has 1 atom stereocenters. The topological polar surface area (TPSA) is 55.4 Å². The predicted molar refractivity (Wildman–Crippen MR) is 130 cm³/mol. The number of hydrogen-bond acceptors (Lipinski definition) is 3. The van der Waals surface area contributed by atoms with Crippen LogP contribution in [0.3, 0.4) is 0 Å². The molecule has 2 aromatic carbocycles. The van der Waals surface area contributed by atoms with E-state index in [-0.39, 0.29) is 23.0 Å². The number of amides is 1. The van der Waals surface area contributed by atoms with Gasteiger partial charge >= 0.3 is 23.0 Å². The van der Waals surface area contributed by atoms with Crippen molar-refractivity contribution in [3.63, 3.8) is 0 Å². The molecule has 0 saturated heterocycles. The van der Waals surface area contributed by atoms with E-state index in [4.69, 9.17) is 4.74 Å². The number of esters is 1. The molecule has 4 rings (SSSR count). The van der Waals surface area contributed by atoms with Crippen molar-refractivity contribution in [2.45, 2.75) is 13.0 Å². The molecule has 0 aliphatic heterocycles. The van der Waals surface area contributed by atoms with Crippen molar-refractivity contribution in [3.05, 3.63) is 124 Å². The number of nitrogens with one attached hydrogen (secondary N) is 1. The molecule has 33 heavy (non-hydrogen) atoms. The maximum atomic E-state index is 12.8. The zero-order valence-electron chi connectivity index (χ0n) is 18.5. The molecule has 2 aliphatic carbocycles. The second-order valence-corrected chi connectivity index (χ2v) is 9.20. The van der Waals surface area contributed by atoms with Gasteiger partial charge in [0, 0.05) is 5.66 Å². The van der Waals surface area contributed by atoms with E-state index in [0.29, 0.717) is 5.92 Å². The maximum Gasteiger partial charge on any atom is 2.00 e. The normalized spacial score (nSPS) is 16.9. The summed E-state index contributed by atoms with van der Waals surface area (Å²) in [6, 6.07) is 19.7. The van der Waals surface area contributed by atoms with Gasteiger partial charge in [0.25, 0.3) is 0 Å². The summed E-state index contributed by atoms with van der Waals surface area (Å²) in [6.45, 7) is 1.61. The van der Waals surface area contributed by atoms with Crippen molar-refractivity contribution >= 4 is 30.4 Å². The Morgan fingerprint density at radius 2 is 1.27 bits per heavy atom. The molecule has 2 fully saturated rings. The fraction of sp³-hybridized carbons (Fsp3) is 0.111. The van der Waals surface area contributed by atoms with E-state index < -0.39 is 19.9 Å². The number of hydrogen-bond donors (Lipinski definition) is 1. The van der Waals surface area contributed by atoms with E-state index in [1.807, 2.05) is 81.3 Å². The summed E-state index contributed by atoms with van der Waals surface area (Å²) in [5.74, 6) is -0.151. The Labute approximate surface area is 210 Å². The molecule has 6 heteroatoms. The Bertz CT molecular complexity index is 798. The molecule has 2 aliphatic rings. The molecular formula is C27H26FeNO3P+2. The zero-order chi connectivity index (χ0) is 22.8. The molecule has 0 heterocycles. The second kappa shape index (κ2) is 14.6. The minimum Gasteiger partial charge on any atom is -0.467 e. The third kappa shape index (κ3) is 7.95. The van der Waals surface area contributed by atoms with Crippen LogP contribution in [0.5, 0.6) is 0 Å². The summed E-state index contributed by atoms with van der Waals surface area (Å²) in [7, 11) is 0.425. The number of ether oxygens (including phenoxy) is 1. The van der Waals surface area contributed by atoms with Crippen LogP contribution in [-0.4, -0.2) is 25.0 Å². The molecule has 2 saturated carbocycles. The van der Waals surface area contributed by atoms with Gasteiger partial charge in [0.15, 0.2) is 0 Å². The van der Waals surface area contributed by atoms with Crippen LogP contribution in [-0.2, 0) is 31.4 Å². The first-order valence-electron chi connectivity index (χ1n) is 10.3. The van der Waals surface area contributed by atoms with Crippen LogP contribution in [0.1, 0.15) is 6.92 Å². The molecule has 1 amide bonds. The first-order valence-corrected chi connectivity index (χ1v) is 11.7. The van der Waals surface area contributed by atoms with Gasteiger partial charge in [-0.15, -0.1) is 0 Å². The van der Waals surface area contributed by atoms with Gasteiger partial charge in [-0.2, -0.15) is 0 Å². The van der Waals surface area contributed by atoms with Crippen LogP contribution in [0.4, 0.5) is 0 Å². The number of benzene rings is 2. The predicted octanol–water partition coefficient (Wildman–Crippen LogP) is 3.55. The van der Waals surface area contributed by atoms with Gasteiger partial charge < -0.3 is 10.1 Å². The summed E-state index contributed by atoms with van der Waals surface area (Å²) >= 11 is 0. The Balaban J connectivity index is 0.000000568. The monoisotopic (exact) mass is 499 g/mol. The summed E-state index contributed by atoms with van der Waals surface area (Å²) in [6.07, 6.45) is 15.7. The first-order chi connectivity index (χ1) is 15.6. The number of rotatable bonds is 6. The standard InChI is InChI=1S/C22H21NO3P.C5H5.Fe/c1-16(22(25)26-2)23-21(24)19-14-9-15-20(19)27(17-10-5-3-6-11-17)18-12-7-4-8-13-18;1-2-4-5-3-1;/h3-16H,1-2H3,(H,23,24);1-5H;/q;;+2/t16-;;/m0../s1. The molecule has 0 spiro atoms. The quantitative estimate of drug-likeness (QED) is 0.376. The van der Waals surface area contributed by atoms with Crippen LogP contribution < -0.4 is 15.9 Å². The molecule has 168 valence electrons. The third-order valence-corrected chi connectivity index (χ3v) is 7.27. The molecule has 1 N–H and O–H groups in total. The molecule has 0 aromatic heterocycles. The summed E-state index contributed by atoms with van der Waals surface area (Å²) in [5.41, 5.74) is 0.969. The number of carbonyl (C=O) groups excluding carboxylic acids is 2. The summed E-state index contributed by atoms with van der Waals surface area (Å²) in [4.78, 5) is 24.5. The van der Waals surface area contributed by atoms with Crippen LogP contribution in [0, 0.1) is 62.9 Å². The third-order valence-electron chi connectivity index (χ3n) is 4.77. The maximum absolute atomic E-state index is 12.8. The van der Waals surface area contributed by atoms with Gasteiger partial charge in [-0.25, -0.2) is 4.79 Å². The Kier molecular flexibility index (Phi) is 12.2. The Morgan fingerprint density at radius 3 is 1.73 bits per heavy atom. The second-order valence-electron chi connectivity index (χ2n) is 7.01. The van der Waals surface area contributed by atoms with E-state index in [2.05, 4.69) is 29.6 Å². The zero-order valence-corrected chi connectivity index (χ0v) is 20.5. The van der Waals surface area contributed by atoms with Crippen molar-refractivity contribution in [2.75, 3.05) is 7.11 Å². The van der Waals surface area contributed by atoms with Crippen molar-refractivity contribution in [3.8, 4) is 0 Å². The van der Waals surface area contributed by atoms with Gasteiger partial charge in [0.1, 0.15) is 6.04 Å². The fourth-order valence-electron chi connectivity index (χ4n) is 3.21. The summed E-state index contributed by atoms with van der Waals surface area (Å²) < 4.78 is 4.70. The SMILES string of the molecule is COC(=O)[C@H](C)NC(=O)[C]1[CH][CH][CH][C]1P(c1ccccc1)c1ccccc1.[CH]1[CH][CH][CH][CH]1.[Fe+2]. The fourth-order valence-corrected chi connectivity index (χ4v) is 5.66. The molecule has 0 bridgehead atoms. The van der Waals surface area contributed by atoms with E-state index >= 15 is 0 Å². The Hall–Kier alpha value is -1.67. The van der Waals surface area contributed by atoms with Crippen LogP contribution in [0.15, 0.2) is 60.7 Å². The van der Waals surface area contributed by atoms with Crippen LogP contribution >= 0.6 is 7.92 Å². The van der Waals surface area contributed by atoms with E-state index in [9.17, 15) is 9.59 Å². The first kappa shape index (κ1) is 27.6. The smallest absolute Gasteiger partial charge is 0.467 e. The molecule has 0 unspecified atom stereocenters. The Morgan fingerprint density at radius 1 is 0.788 bits per heavy atom. The van der Waals surface area contributed by atoms with Gasteiger partial charge in [0.05, 0.1) is 13.0 Å². The van der Waals surface area contributed by atoms with Crippen molar-refractivity contribution in [1.82, 2.24) is 5.32 Å². The average molecular weight is 499 g/mol. The van der Waals surface area contributed by atoms with Gasteiger partial charge in [0.2, 0.25) is 5.91 Å². The van der Waals surface area contributed by atoms with Crippen molar-refractivity contribution < 1.29 is 31.4 Å². The van der Waals surface area contributed by atoms with Gasteiger partial charge in [-0.05, 0) is 76.8 Å². The van der Waals surface area contributed by atoms with Gasteiger partial charge in [-0.1, -0.05) is 60.7 Å². The van der Waals surface area contributed by atoms with Crippen molar-refractivity contribution in [1.29, 1.82) is 0 Å². The van der Waals surface area contributed by atoms with E-state index in [1.165, 1.54) is 17.7 Å². The van der Waals surface area contributed by atoms with E-state index in [0.717, 1.165) is 5.66 Å². The van der Waals surface area contributed by atoms with Crippen LogP contribution in [0.2, 0.25) is 0 Å². The van der Waals surface area contributed by atoms with E-state index in [1.54, 1.807) is 13.3 Å². The number of methoxy groups -OCH3 is 1. The van der Waals surface area contributed by atoms with Crippen LogP contribution in [0.25, 0.3) is 0 Å². The largest absolute Gasteiger partial charge is 2.00 e. The van der Waals surface area contributed by atoms with Gasteiger partial charge in [-0.3, -0.25) is 4.79 Å². The molecule has 10 radical (unpaired) electrons. The van der Waals surface area contributed by atoms with Crippen molar-refractivity contribution in [2.24, 2.45) is 0 Å². The molecule has 2 aromatic rings.